The Morgan fingerprint density at radius 1 is 1.40 bits per heavy atom. The Bertz CT molecular complexity index is 341. The van der Waals surface area contributed by atoms with Crippen LogP contribution in [0, 0.1) is 6.92 Å². The second kappa shape index (κ2) is 4.35. The van der Waals surface area contributed by atoms with Crippen molar-refractivity contribution in [3.63, 3.8) is 0 Å². The summed E-state index contributed by atoms with van der Waals surface area (Å²) in [5.41, 5.74) is 2.84. The van der Waals surface area contributed by atoms with E-state index in [0.29, 0.717) is 6.04 Å². The van der Waals surface area contributed by atoms with Crippen molar-refractivity contribution in [3.8, 4) is 0 Å². The van der Waals surface area contributed by atoms with Crippen molar-refractivity contribution in [2.75, 3.05) is 7.05 Å². The SMILES string of the molecule is CNC(C)Cn1c(C)nc2c1CCCC2. The molecule has 1 N–H and O–H groups in total. The fourth-order valence-corrected chi connectivity index (χ4v) is 2.34. The molecule has 0 radical (unpaired) electrons. The molecule has 0 aromatic carbocycles. The topological polar surface area (TPSA) is 29.9 Å². The molecular formula is C12H21N3. The normalized spacial score (nSPS) is 17.5. The van der Waals surface area contributed by atoms with Crippen LogP contribution in [-0.2, 0) is 19.4 Å². The summed E-state index contributed by atoms with van der Waals surface area (Å²) in [5.74, 6) is 1.18. The molecule has 84 valence electrons. The fraction of sp³-hybridized carbons (Fsp3) is 0.750. The van der Waals surface area contributed by atoms with E-state index >= 15 is 0 Å². The number of fused-ring (bicyclic) bond motifs is 1. The number of hydrogen-bond acceptors (Lipinski definition) is 2. The zero-order chi connectivity index (χ0) is 10.8. The van der Waals surface area contributed by atoms with Crippen LogP contribution in [0.5, 0.6) is 0 Å². The highest BCUT2D eigenvalue weighted by atomic mass is 15.1. The van der Waals surface area contributed by atoms with Gasteiger partial charge in [-0.1, -0.05) is 0 Å². The molecule has 0 aliphatic heterocycles. The molecule has 1 heterocycles. The van der Waals surface area contributed by atoms with E-state index in [0.717, 1.165) is 6.54 Å². The Balaban J connectivity index is 2.25. The van der Waals surface area contributed by atoms with Crippen LogP contribution >= 0.6 is 0 Å². The molecular weight excluding hydrogens is 186 g/mol. The standard InChI is InChI=1S/C12H21N3/c1-9(13-3)8-15-10(2)14-11-6-4-5-7-12(11)15/h9,13H,4-8H2,1-3H3. The first kappa shape index (κ1) is 10.7. The molecule has 3 heteroatoms. The number of nitrogens with one attached hydrogen (secondary N) is 1. The quantitative estimate of drug-likeness (QED) is 0.817. The van der Waals surface area contributed by atoms with E-state index in [-0.39, 0.29) is 0 Å². The highest BCUT2D eigenvalue weighted by Crippen LogP contribution is 2.22. The molecule has 0 saturated heterocycles. The number of hydrogen-bond donors (Lipinski definition) is 1. The second-order valence-corrected chi connectivity index (χ2v) is 4.56. The maximum Gasteiger partial charge on any atom is 0.106 e. The van der Waals surface area contributed by atoms with Crippen LogP contribution in [0.15, 0.2) is 0 Å². The Labute approximate surface area is 91.9 Å². The predicted molar refractivity (Wildman–Crippen MR) is 62.1 cm³/mol. The van der Waals surface area contributed by atoms with Gasteiger partial charge < -0.3 is 9.88 Å². The van der Waals surface area contributed by atoms with Crippen LogP contribution in [0.4, 0.5) is 0 Å². The number of nitrogens with zero attached hydrogens (tertiary/aromatic N) is 2. The van der Waals surface area contributed by atoms with Crippen LogP contribution in [0.3, 0.4) is 0 Å². The minimum absolute atomic E-state index is 0.518. The Morgan fingerprint density at radius 2 is 2.13 bits per heavy atom. The zero-order valence-electron chi connectivity index (χ0n) is 10.0. The second-order valence-electron chi connectivity index (χ2n) is 4.56. The molecule has 1 atom stereocenters. The highest BCUT2D eigenvalue weighted by molar-refractivity contribution is 5.20. The van der Waals surface area contributed by atoms with E-state index in [1.165, 1.54) is 42.9 Å². The zero-order valence-corrected chi connectivity index (χ0v) is 10.0. The largest absolute Gasteiger partial charge is 0.330 e. The highest BCUT2D eigenvalue weighted by Gasteiger charge is 2.18. The lowest BCUT2D eigenvalue weighted by Gasteiger charge is -2.18. The van der Waals surface area contributed by atoms with E-state index in [9.17, 15) is 0 Å². The lowest BCUT2D eigenvalue weighted by Crippen LogP contribution is -2.28. The van der Waals surface area contributed by atoms with Crippen LogP contribution < -0.4 is 5.32 Å². The molecule has 1 unspecified atom stereocenters. The van der Waals surface area contributed by atoms with Gasteiger partial charge in [-0.25, -0.2) is 4.98 Å². The number of aromatic nitrogens is 2. The summed E-state index contributed by atoms with van der Waals surface area (Å²) in [6.07, 6.45) is 5.03. The number of likely N-dealkylation sites (N-methyl/N-ethyl adjacent to an activating group) is 1. The molecule has 3 nitrogen and oxygen atoms in total. The lowest BCUT2D eigenvalue weighted by atomic mass is 10.0. The summed E-state index contributed by atoms with van der Waals surface area (Å²) in [5, 5.41) is 3.29. The van der Waals surface area contributed by atoms with Crippen LogP contribution in [0.25, 0.3) is 0 Å². The van der Waals surface area contributed by atoms with Gasteiger partial charge in [0.25, 0.3) is 0 Å². The van der Waals surface area contributed by atoms with E-state index < -0.39 is 0 Å². The predicted octanol–water partition coefficient (Wildman–Crippen LogP) is 1.68. The molecule has 1 aromatic heterocycles. The van der Waals surface area contributed by atoms with Crippen molar-refractivity contribution < 1.29 is 0 Å². The van der Waals surface area contributed by atoms with Gasteiger partial charge in [0.05, 0.1) is 5.69 Å². The smallest absolute Gasteiger partial charge is 0.106 e. The monoisotopic (exact) mass is 207 g/mol. The third kappa shape index (κ3) is 2.07. The number of imidazole rings is 1. The van der Waals surface area contributed by atoms with Gasteiger partial charge in [0, 0.05) is 18.3 Å². The molecule has 0 bridgehead atoms. The van der Waals surface area contributed by atoms with Crippen molar-refractivity contribution in [1.82, 2.24) is 14.9 Å². The number of aryl methyl sites for hydroxylation is 2. The summed E-state index contributed by atoms with van der Waals surface area (Å²) in [7, 11) is 2.02. The molecule has 0 fully saturated rings. The maximum atomic E-state index is 4.67. The van der Waals surface area contributed by atoms with Crippen LogP contribution in [0.2, 0.25) is 0 Å². The van der Waals surface area contributed by atoms with Crippen molar-refractivity contribution in [3.05, 3.63) is 17.2 Å². The van der Waals surface area contributed by atoms with E-state index in [1.54, 1.807) is 0 Å². The van der Waals surface area contributed by atoms with Gasteiger partial charge in [0.1, 0.15) is 5.82 Å². The molecule has 0 amide bonds. The van der Waals surface area contributed by atoms with E-state index in [1.807, 2.05) is 7.05 Å². The Hall–Kier alpha value is -0.830. The first-order chi connectivity index (χ1) is 7.22. The summed E-state index contributed by atoms with van der Waals surface area (Å²) >= 11 is 0. The minimum Gasteiger partial charge on any atom is -0.330 e. The van der Waals surface area contributed by atoms with Gasteiger partial charge in [0.15, 0.2) is 0 Å². The molecule has 0 spiro atoms. The summed E-state index contributed by atoms with van der Waals surface area (Å²) in [4.78, 5) is 4.67. The first-order valence-corrected chi connectivity index (χ1v) is 5.94. The Morgan fingerprint density at radius 3 is 2.87 bits per heavy atom. The average molecular weight is 207 g/mol. The maximum absolute atomic E-state index is 4.67. The van der Waals surface area contributed by atoms with Gasteiger partial charge in [-0.2, -0.15) is 0 Å². The van der Waals surface area contributed by atoms with Gasteiger partial charge >= 0.3 is 0 Å². The summed E-state index contributed by atoms with van der Waals surface area (Å²) in [6.45, 7) is 5.39. The molecule has 1 aromatic rings. The third-order valence-electron chi connectivity index (χ3n) is 3.37. The first-order valence-electron chi connectivity index (χ1n) is 5.94. The van der Waals surface area contributed by atoms with Gasteiger partial charge in [-0.05, 0) is 46.6 Å². The van der Waals surface area contributed by atoms with E-state index in [2.05, 4.69) is 28.7 Å². The average Bonchev–Trinajstić information content (AvgIpc) is 2.55. The molecule has 2 rings (SSSR count). The van der Waals surface area contributed by atoms with Gasteiger partial charge in [0.2, 0.25) is 0 Å². The summed E-state index contributed by atoms with van der Waals surface area (Å²) in [6, 6.07) is 0.518. The molecule has 1 aliphatic rings. The summed E-state index contributed by atoms with van der Waals surface area (Å²) < 4.78 is 2.40. The minimum atomic E-state index is 0.518. The van der Waals surface area contributed by atoms with Crippen molar-refractivity contribution in [1.29, 1.82) is 0 Å². The fourth-order valence-electron chi connectivity index (χ4n) is 2.34. The lowest BCUT2D eigenvalue weighted by molar-refractivity contribution is 0.489. The van der Waals surface area contributed by atoms with E-state index in [4.69, 9.17) is 0 Å². The van der Waals surface area contributed by atoms with Crippen molar-refractivity contribution in [2.24, 2.45) is 0 Å². The number of rotatable bonds is 3. The van der Waals surface area contributed by atoms with Crippen molar-refractivity contribution >= 4 is 0 Å². The Kier molecular flexibility index (Phi) is 3.10. The van der Waals surface area contributed by atoms with Gasteiger partial charge in [-0.3, -0.25) is 0 Å². The third-order valence-corrected chi connectivity index (χ3v) is 3.37. The molecule has 15 heavy (non-hydrogen) atoms. The molecule has 0 saturated carbocycles. The van der Waals surface area contributed by atoms with Crippen LogP contribution in [-0.4, -0.2) is 22.6 Å². The molecule has 1 aliphatic carbocycles. The van der Waals surface area contributed by atoms with Crippen LogP contribution in [0.1, 0.15) is 37.0 Å². The van der Waals surface area contributed by atoms with Gasteiger partial charge in [-0.15, -0.1) is 0 Å². The van der Waals surface area contributed by atoms with Crippen molar-refractivity contribution in [2.45, 2.75) is 52.1 Å².